The van der Waals surface area contributed by atoms with Crippen molar-refractivity contribution in [1.29, 1.82) is 0 Å². The van der Waals surface area contributed by atoms with Gasteiger partial charge in [-0.25, -0.2) is 0 Å². The molecule has 0 bridgehead atoms. The highest BCUT2D eigenvalue weighted by Crippen LogP contribution is 2.14. The zero-order valence-electron chi connectivity index (χ0n) is 13.2. The van der Waals surface area contributed by atoms with Crippen molar-refractivity contribution in [3.05, 3.63) is 0 Å². The molecule has 1 atom stereocenters. The van der Waals surface area contributed by atoms with Gasteiger partial charge in [0.05, 0.1) is 0 Å². The van der Waals surface area contributed by atoms with Crippen LogP contribution >= 0.6 is 0 Å². The zero-order chi connectivity index (χ0) is 14.8. The molecule has 0 heterocycles. The molecule has 0 rings (SSSR count). The van der Waals surface area contributed by atoms with E-state index in [0.717, 1.165) is 25.7 Å². The quantitative estimate of drug-likeness (QED) is 0.655. The fourth-order valence-electron chi connectivity index (χ4n) is 2.17. The van der Waals surface area contributed by atoms with Crippen LogP contribution < -0.4 is 5.32 Å². The fraction of sp³-hybridized carbons (Fsp3) is 0.867. The first-order valence-electron chi connectivity index (χ1n) is 7.57. The molecule has 112 valence electrons. The van der Waals surface area contributed by atoms with Crippen LogP contribution in [0.2, 0.25) is 0 Å². The Morgan fingerprint density at radius 3 is 2.16 bits per heavy atom. The smallest absolute Gasteiger partial charge is 0.242 e. The molecule has 0 saturated heterocycles. The number of rotatable bonds is 9. The summed E-state index contributed by atoms with van der Waals surface area (Å²) >= 11 is 0. The lowest BCUT2D eigenvalue weighted by Gasteiger charge is -2.31. The summed E-state index contributed by atoms with van der Waals surface area (Å²) < 4.78 is 0. The van der Waals surface area contributed by atoms with Crippen molar-refractivity contribution in [2.75, 3.05) is 13.1 Å². The summed E-state index contributed by atoms with van der Waals surface area (Å²) in [6.07, 6.45) is 3.96. The predicted molar refractivity (Wildman–Crippen MR) is 78.8 cm³/mol. The molecule has 0 spiro atoms. The van der Waals surface area contributed by atoms with Crippen LogP contribution in [0, 0.1) is 5.92 Å². The second-order valence-corrected chi connectivity index (χ2v) is 5.19. The molecule has 0 saturated carbocycles. The average molecular weight is 270 g/mol. The Morgan fingerprint density at radius 2 is 1.74 bits per heavy atom. The Labute approximate surface area is 117 Å². The summed E-state index contributed by atoms with van der Waals surface area (Å²) in [5.74, 6) is -0.0206. The molecule has 0 aliphatic heterocycles. The zero-order valence-corrected chi connectivity index (χ0v) is 13.2. The molecule has 1 unspecified atom stereocenters. The van der Waals surface area contributed by atoms with Gasteiger partial charge in [-0.3, -0.25) is 9.59 Å². The van der Waals surface area contributed by atoms with E-state index in [1.807, 2.05) is 27.7 Å². The number of unbranched alkanes of at least 4 members (excludes halogenated alkanes) is 2. The van der Waals surface area contributed by atoms with Crippen molar-refractivity contribution in [1.82, 2.24) is 10.2 Å². The molecular weight excluding hydrogens is 240 g/mol. The minimum absolute atomic E-state index is 0.0190. The molecule has 19 heavy (non-hydrogen) atoms. The second-order valence-electron chi connectivity index (χ2n) is 5.19. The largest absolute Gasteiger partial charge is 0.355 e. The van der Waals surface area contributed by atoms with Crippen molar-refractivity contribution in [2.24, 2.45) is 5.92 Å². The van der Waals surface area contributed by atoms with Gasteiger partial charge < -0.3 is 10.2 Å². The summed E-state index contributed by atoms with van der Waals surface area (Å²) in [6, 6.07) is -0.314. The van der Waals surface area contributed by atoms with E-state index >= 15 is 0 Å². The van der Waals surface area contributed by atoms with Crippen molar-refractivity contribution >= 4 is 11.8 Å². The third kappa shape index (κ3) is 6.08. The van der Waals surface area contributed by atoms with E-state index in [0.29, 0.717) is 13.1 Å². The van der Waals surface area contributed by atoms with Gasteiger partial charge in [-0.05, 0) is 20.3 Å². The Morgan fingerprint density at radius 1 is 1.11 bits per heavy atom. The molecule has 0 radical (unpaired) electrons. The molecule has 0 aromatic carbocycles. The van der Waals surface area contributed by atoms with Gasteiger partial charge in [0.2, 0.25) is 11.8 Å². The first-order chi connectivity index (χ1) is 8.99. The minimum atomic E-state index is -0.314. The Hall–Kier alpha value is -1.06. The minimum Gasteiger partial charge on any atom is -0.355 e. The third-order valence-corrected chi connectivity index (χ3v) is 3.23. The SMILES string of the molecule is CCCCCC(C(=O)NCC)N(CC)C(=O)C(C)C. The summed E-state index contributed by atoms with van der Waals surface area (Å²) in [7, 11) is 0. The number of hydrogen-bond donors (Lipinski definition) is 1. The topological polar surface area (TPSA) is 49.4 Å². The molecule has 4 heteroatoms. The Balaban J connectivity index is 4.84. The monoisotopic (exact) mass is 270 g/mol. The maximum atomic E-state index is 12.2. The lowest BCUT2D eigenvalue weighted by Crippen LogP contribution is -2.50. The van der Waals surface area contributed by atoms with Gasteiger partial charge in [0, 0.05) is 19.0 Å². The van der Waals surface area contributed by atoms with E-state index < -0.39 is 0 Å². The average Bonchev–Trinajstić information content (AvgIpc) is 2.37. The van der Waals surface area contributed by atoms with Gasteiger partial charge in [0.15, 0.2) is 0 Å². The fourth-order valence-corrected chi connectivity index (χ4v) is 2.17. The first-order valence-corrected chi connectivity index (χ1v) is 7.57. The van der Waals surface area contributed by atoms with Gasteiger partial charge >= 0.3 is 0 Å². The van der Waals surface area contributed by atoms with Crippen LogP contribution in [-0.2, 0) is 9.59 Å². The van der Waals surface area contributed by atoms with E-state index in [4.69, 9.17) is 0 Å². The molecule has 0 aliphatic carbocycles. The van der Waals surface area contributed by atoms with Gasteiger partial charge in [0.25, 0.3) is 0 Å². The summed E-state index contributed by atoms with van der Waals surface area (Å²) in [4.78, 5) is 26.1. The van der Waals surface area contributed by atoms with E-state index in [1.165, 1.54) is 0 Å². The number of amides is 2. The van der Waals surface area contributed by atoms with Crippen LogP contribution in [0.5, 0.6) is 0 Å². The summed E-state index contributed by atoms with van der Waals surface area (Å²) in [6.45, 7) is 10.9. The van der Waals surface area contributed by atoms with Crippen molar-refractivity contribution in [3.63, 3.8) is 0 Å². The molecule has 0 aromatic heterocycles. The van der Waals surface area contributed by atoms with E-state index in [2.05, 4.69) is 12.2 Å². The highest BCUT2D eigenvalue weighted by atomic mass is 16.2. The Kier molecular flexibility index (Phi) is 9.27. The van der Waals surface area contributed by atoms with E-state index in [-0.39, 0.29) is 23.8 Å². The standard InChI is InChI=1S/C15H30N2O2/c1-6-9-10-11-13(14(18)16-7-2)17(8-3)15(19)12(4)5/h12-13H,6-11H2,1-5H3,(H,16,18). The first kappa shape index (κ1) is 17.9. The maximum absolute atomic E-state index is 12.2. The Bertz CT molecular complexity index is 277. The number of nitrogens with zero attached hydrogens (tertiary/aromatic N) is 1. The van der Waals surface area contributed by atoms with Crippen LogP contribution in [0.25, 0.3) is 0 Å². The van der Waals surface area contributed by atoms with Crippen LogP contribution in [0.3, 0.4) is 0 Å². The number of carbonyl (C=O) groups is 2. The van der Waals surface area contributed by atoms with Gasteiger partial charge in [0.1, 0.15) is 6.04 Å². The maximum Gasteiger partial charge on any atom is 0.242 e. The number of hydrogen-bond acceptors (Lipinski definition) is 2. The normalized spacial score (nSPS) is 12.3. The summed E-state index contributed by atoms with van der Waals surface area (Å²) in [5, 5.41) is 2.85. The van der Waals surface area contributed by atoms with Crippen LogP contribution in [0.1, 0.15) is 60.3 Å². The molecule has 4 nitrogen and oxygen atoms in total. The molecular formula is C15H30N2O2. The molecule has 0 aliphatic rings. The van der Waals surface area contributed by atoms with E-state index in [9.17, 15) is 9.59 Å². The van der Waals surface area contributed by atoms with Crippen LogP contribution in [-0.4, -0.2) is 35.8 Å². The third-order valence-electron chi connectivity index (χ3n) is 3.23. The predicted octanol–water partition coefficient (Wildman–Crippen LogP) is 2.58. The summed E-state index contributed by atoms with van der Waals surface area (Å²) in [5.41, 5.74) is 0. The number of carbonyl (C=O) groups excluding carboxylic acids is 2. The van der Waals surface area contributed by atoms with Crippen molar-refractivity contribution < 1.29 is 9.59 Å². The molecule has 2 amide bonds. The highest BCUT2D eigenvalue weighted by Gasteiger charge is 2.28. The van der Waals surface area contributed by atoms with Crippen molar-refractivity contribution in [2.45, 2.75) is 66.3 Å². The van der Waals surface area contributed by atoms with Crippen molar-refractivity contribution in [3.8, 4) is 0 Å². The van der Waals surface area contributed by atoms with Gasteiger partial charge in [-0.2, -0.15) is 0 Å². The molecule has 1 N–H and O–H groups in total. The lowest BCUT2D eigenvalue weighted by atomic mass is 10.0. The highest BCUT2D eigenvalue weighted by molar-refractivity contribution is 5.88. The van der Waals surface area contributed by atoms with Gasteiger partial charge in [-0.15, -0.1) is 0 Å². The molecule has 0 fully saturated rings. The van der Waals surface area contributed by atoms with E-state index in [1.54, 1.807) is 4.90 Å². The number of likely N-dealkylation sites (N-methyl/N-ethyl adjacent to an activating group) is 2. The van der Waals surface area contributed by atoms with Crippen LogP contribution in [0.4, 0.5) is 0 Å². The second kappa shape index (κ2) is 9.82. The number of nitrogens with one attached hydrogen (secondary N) is 1. The van der Waals surface area contributed by atoms with Crippen LogP contribution in [0.15, 0.2) is 0 Å². The molecule has 0 aromatic rings. The van der Waals surface area contributed by atoms with Gasteiger partial charge in [-0.1, -0.05) is 40.0 Å². The lowest BCUT2D eigenvalue weighted by molar-refractivity contribution is -0.143.